The quantitative estimate of drug-likeness (QED) is 0.605. The first-order valence-corrected chi connectivity index (χ1v) is 7.92. The van der Waals surface area contributed by atoms with Crippen molar-refractivity contribution in [3.05, 3.63) is 71.8 Å². The number of amides is 4. The van der Waals surface area contributed by atoms with Gasteiger partial charge in [0.25, 0.3) is 0 Å². The Labute approximate surface area is 140 Å². The number of urea groups is 1. The van der Waals surface area contributed by atoms with Crippen molar-refractivity contribution in [2.45, 2.75) is 12.8 Å². The molecule has 2 aromatic rings. The van der Waals surface area contributed by atoms with E-state index >= 15 is 0 Å². The highest BCUT2D eigenvalue weighted by atomic mass is 16.2. The average molecular weight is 322 g/mol. The highest BCUT2D eigenvalue weighted by Gasteiger charge is 2.43. The molecule has 0 radical (unpaired) electrons. The summed E-state index contributed by atoms with van der Waals surface area (Å²) in [7, 11) is 0. The van der Waals surface area contributed by atoms with Crippen molar-refractivity contribution >= 4 is 17.8 Å². The zero-order valence-electron chi connectivity index (χ0n) is 13.2. The van der Waals surface area contributed by atoms with Gasteiger partial charge in [0.1, 0.15) is 0 Å². The van der Waals surface area contributed by atoms with Gasteiger partial charge in [-0.25, -0.2) is 4.79 Å². The maximum atomic E-state index is 12.4. The van der Waals surface area contributed by atoms with E-state index in [4.69, 9.17) is 0 Å². The number of nitrogens with zero attached hydrogens (tertiary/aromatic N) is 2. The van der Waals surface area contributed by atoms with Crippen LogP contribution in [0.5, 0.6) is 0 Å². The molecule has 1 aliphatic heterocycles. The van der Waals surface area contributed by atoms with Crippen molar-refractivity contribution in [2.24, 2.45) is 0 Å². The van der Waals surface area contributed by atoms with E-state index < -0.39 is 17.8 Å². The first-order valence-electron chi connectivity index (χ1n) is 7.92. The first-order chi connectivity index (χ1) is 11.7. The fourth-order valence-corrected chi connectivity index (χ4v) is 2.72. The lowest BCUT2D eigenvalue weighted by atomic mass is 10.1. The van der Waals surface area contributed by atoms with Crippen LogP contribution in [-0.2, 0) is 22.4 Å². The normalized spacial score (nSPS) is 14.6. The third kappa shape index (κ3) is 3.35. The van der Waals surface area contributed by atoms with E-state index in [0.29, 0.717) is 12.8 Å². The Hall–Kier alpha value is -2.95. The fraction of sp³-hybridized carbons (Fsp3) is 0.211. The van der Waals surface area contributed by atoms with Crippen LogP contribution in [0.3, 0.4) is 0 Å². The molecule has 0 atom stereocenters. The van der Waals surface area contributed by atoms with Crippen LogP contribution in [0.4, 0.5) is 4.79 Å². The number of benzene rings is 2. The molecule has 3 rings (SSSR count). The van der Waals surface area contributed by atoms with Crippen LogP contribution < -0.4 is 0 Å². The van der Waals surface area contributed by atoms with Crippen molar-refractivity contribution in [3.63, 3.8) is 0 Å². The van der Waals surface area contributed by atoms with E-state index in [9.17, 15) is 14.4 Å². The molecule has 0 saturated carbocycles. The summed E-state index contributed by atoms with van der Waals surface area (Å²) in [5.74, 6) is -1.46. The van der Waals surface area contributed by atoms with Crippen LogP contribution in [-0.4, -0.2) is 40.7 Å². The number of hydrogen-bond acceptors (Lipinski definition) is 3. The Morgan fingerprint density at radius 1 is 0.583 bits per heavy atom. The fourth-order valence-electron chi connectivity index (χ4n) is 2.72. The van der Waals surface area contributed by atoms with Crippen molar-refractivity contribution in [3.8, 4) is 0 Å². The topological polar surface area (TPSA) is 57.7 Å². The number of rotatable bonds is 6. The highest BCUT2D eigenvalue weighted by Crippen LogP contribution is 2.14. The average Bonchev–Trinajstić information content (AvgIpc) is 2.82. The second kappa shape index (κ2) is 7.08. The maximum Gasteiger partial charge on any atom is 0.334 e. The van der Waals surface area contributed by atoms with Crippen LogP contribution in [0.1, 0.15) is 11.1 Å². The Morgan fingerprint density at radius 3 is 1.33 bits per heavy atom. The minimum absolute atomic E-state index is 0.218. The van der Waals surface area contributed by atoms with E-state index in [0.717, 1.165) is 20.9 Å². The minimum atomic E-state index is -0.732. The van der Waals surface area contributed by atoms with Gasteiger partial charge in [-0.2, -0.15) is 0 Å². The van der Waals surface area contributed by atoms with E-state index in [-0.39, 0.29) is 13.1 Å². The molecule has 0 spiro atoms. The van der Waals surface area contributed by atoms with Crippen molar-refractivity contribution in [2.75, 3.05) is 13.1 Å². The summed E-state index contributed by atoms with van der Waals surface area (Å²) in [5.41, 5.74) is 2.04. The molecule has 2 aromatic carbocycles. The van der Waals surface area contributed by atoms with Gasteiger partial charge in [-0.05, 0) is 24.0 Å². The molecular formula is C19H18N2O3. The predicted octanol–water partition coefficient (Wildman–Crippen LogP) is 2.26. The van der Waals surface area contributed by atoms with E-state index in [1.54, 1.807) is 0 Å². The van der Waals surface area contributed by atoms with Crippen molar-refractivity contribution in [1.29, 1.82) is 0 Å². The Balaban J connectivity index is 1.62. The number of hydrogen-bond donors (Lipinski definition) is 0. The molecule has 24 heavy (non-hydrogen) atoms. The van der Waals surface area contributed by atoms with Crippen molar-refractivity contribution in [1.82, 2.24) is 9.80 Å². The monoisotopic (exact) mass is 322 g/mol. The summed E-state index contributed by atoms with van der Waals surface area (Å²) < 4.78 is 0. The molecule has 0 aliphatic carbocycles. The smallest absolute Gasteiger partial charge is 0.263 e. The summed E-state index contributed by atoms with van der Waals surface area (Å²) in [4.78, 5) is 38.6. The number of carbonyl (C=O) groups is 3. The first kappa shape index (κ1) is 15.9. The molecule has 5 heteroatoms. The van der Waals surface area contributed by atoms with E-state index in [2.05, 4.69) is 0 Å². The molecule has 0 aromatic heterocycles. The molecule has 1 fully saturated rings. The lowest BCUT2D eigenvalue weighted by Gasteiger charge is -2.15. The Morgan fingerprint density at radius 2 is 0.958 bits per heavy atom. The third-order valence-corrected chi connectivity index (χ3v) is 4.07. The second-order valence-electron chi connectivity index (χ2n) is 5.67. The third-order valence-electron chi connectivity index (χ3n) is 4.07. The van der Waals surface area contributed by atoms with Gasteiger partial charge in [-0.3, -0.25) is 19.4 Å². The minimum Gasteiger partial charge on any atom is -0.263 e. The molecule has 0 unspecified atom stereocenters. The molecule has 5 nitrogen and oxygen atoms in total. The summed E-state index contributed by atoms with van der Waals surface area (Å²) >= 11 is 0. The summed E-state index contributed by atoms with van der Waals surface area (Å²) in [6.07, 6.45) is 1.08. The highest BCUT2D eigenvalue weighted by molar-refractivity contribution is 6.44. The van der Waals surface area contributed by atoms with Crippen LogP contribution in [0.25, 0.3) is 0 Å². The molecule has 1 aliphatic rings. The van der Waals surface area contributed by atoms with E-state index in [1.807, 2.05) is 60.7 Å². The summed E-state index contributed by atoms with van der Waals surface area (Å²) in [6, 6.07) is 18.6. The molecule has 0 bridgehead atoms. The van der Waals surface area contributed by atoms with Gasteiger partial charge < -0.3 is 0 Å². The van der Waals surface area contributed by atoms with E-state index in [1.165, 1.54) is 0 Å². The Bertz CT molecular complexity index is 680. The molecule has 1 heterocycles. The van der Waals surface area contributed by atoms with Gasteiger partial charge in [-0.15, -0.1) is 0 Å². The maximum absolute atomic E-state index is 12.4. The van der Waals surface area contributed by atoms with Crippen LogP contribution in [0.15, 0.2) is 60.7 Å². The van der Waals surface area contributed by atoms with Crippen molar-refractivity contribution < 1.29 is 14.4 Å². The van der Waals surface area contributed by atoms with Crippen LogP contribution in [0, 0.1) is 0 Å². The summed E-state index contributed by atoms with van der Waals surface area (Å²) in [5, 5.41) is 0. The largest absolute Gasteiger partial charge is 0.334 e. The van der Waals surface area contributed by atoms with Crippen LogP contribution >= 0.6 is 0 Å². The molecular weight excluding hydrogens is 304 g/mol. The molecule has 0 N–H and O–H groups in total. The SMILES string of the molecule is O=C1C(=O)N(CCc2ccccc2)C(=O)N1CCc1ccccc1. The van der Waals surface area contributed by atoms with Gasteiger partial charge in [0, 0.05) is 13.1 Å². The standard InChI is InChI=1S/C19H18N2O3/c22-17-18(23)21(14-12-16-9-5-2-6-10-16)19(24)20(17)13-11-15-7-3-1-4-8-15/h1-10H,11-14H2. The zero-order chi connectivity index (χ0) is 16.9. The predicted molar refractivity (Wildman–Crippen MR) is 89.1 cm³/mol. The van der Waals surface area contributed by atoms with Gasteiger partial charge >= 0.3 is 17.8 Å². The van der Waals surface area contributed by atoms with Gasteiger partial charge in [0.05, 0.1) is 0 Å². The van der Waals surface area contributed by atoms with Gasteiger partial charge in [-0.1, -0.05) is 60.7 Å². The second-order valence-corrected chi connectivity index (χ2v) is 5.67. The Kier molecular flexibility index (Phi) is 4.70. The molecule has 4 amide bonds. The van der Waals surface area contributed by atoms with Crippen LogP contribution in [0.2, 0.25) is 0 Å². The number of imide groups is 2. The number of carbonyl (C=O) groups excluding carboxylic acids is 3. The zero-order valence-corrected chi connectivity index (χ0v) is 13.2. The lowest BCUT2D eigenvalue weighted by Crippen LogP contribution is -2.35. The molecule has 122 valence electrons. The van der Waals surface area contributed by atoms with Gasteiger partial charge in [0.15, 0.2) is 0 Å². The molecule has 1 saturated heterocycles. The van der Waals surface area contributed by atoms with Gasteiger partial charge in [0.2, 0.25) is 0 Å². The lowest BCUT2D eigenvalue weighted by molar-refractivity contribution is -0.143. The summed E-state index contributed by atoms with van der Waals surface area (Å²) in [6.45, 7) is 0.435.